The predicted molar refractivity (Wildman–Crippen MR) is 98.0 cm³/mol. The Morgan fingerprint density at radius 3 is 2.74 bits per heavy atom. The summed E-state index contributed by atoms with van der Waals surface area (Å²) in [6.07, 6.45) is 0. The molecule has 0 spiro atoms. The monoisotopic (exact) mass is 365 g/mol. The van der Waals surface area contributed by atoms with E-state index in [-0.39, 0.29) is 12.5 Å². The van der Waals surface area contributed by atoms with Crippen molar-refractivity contribution in [1.29, 1.82) is 0 Å². The minimum absolute atomic E-state index is 0.148. The van der Waals surface area contributed by atoms with E-state index < -0.39 is 0 Å². The minimum Gasteiger partial charge on any atom is -0.342 e. The smallest absolute Gasteiger partial charge is 0.243 e. The summed E-state index contributed by atoms with van der Waals surface area (Å²) in [7, 11) is 1.84. The highest BCUT2D eigenvalue weighted by Crippen LogP contribution is 2.28. The van der Waals surface area contributed by atoms with Gasteiger partial charge in [-0.15, -0.1) is 0 Å². The average Bonchev–Trinajstić information content (AvgIpc) is 2.95. The van der Waals surface area contributed by atoms with Crippen molar-refractivity contribution in [3.8, 4) is 0 Å². The summed E-state index contributed by atoms with van der Waals surface area (Å²) in [5.41, 5.74) is 1.55. The number of nitrogens with zero attached hydrogens (tertiary/aromatic N) is 2. The Labute approximate surface area is 147 Å². The lowest BCUT2D eigenvalue weighted by Gasteiger charge is -2.15. The topological polar surface area (TPSA) is 45.2 Å². The third-order valence-corrected chi connectivity index (χ3v) is 5.08. The third-order valence-electron chi connectivity index (χ3n) is 3.19. The molecule has 0 atom stereocenters. The van der Waals surface area contributed by atoms with Gasteiger partial charge in [0, 0.05) is 12.7 Å². The second kappa shape index (κ2) is 6.74. The van der Waals surface area contributed by atoms with Crippen LogP contribution in [0, 0.1) is 0 Å². The van der Waals surface area contributed by atoms with Crippen LogP contribution in [0.5, 0.6) is 0 Å². The zero-order chi connectivity index (χ0) is 16.4. The maximum Gasteiger partial charge on any atom is 0.243 e. The van der Waals surface area contributed by atoms with Crippen LogP contribution in [-0.4, -0.2) is 24.5 Å². The van der Waals surface area contributed by atoms with Gasteiger partial charge >= 0.3 is 0 Å². The van der Waals surface area contributed by atoms with Gasteiger partial charge in [0.1, 0.15) is 0 Å². The first-order valence-electron chi connectivity index (χ1n) is 6.84. The van der Waals surface area contributed by atoms with Crippen LogP contribution in [0.4, 0.5) is 10.8 Å². The number of hydrogen-bond donors (Lipinski definition) is 1. The zero-order valence-electron chi connectivity index (χ0n) is 12.2. The first-order valence-corrected chi connectivity index (χ1v) is 8.42. The molecule has 0 saturated heterocycles. The van der Waals surface area contributed by atoms with Crippen LogP contribution in [0.2, 0.25) is 10.0 Å². The number of thiazole rings is 1. The number of carbonyl (C=O) groups is 1. The second-order valence-corrected chi connectivity index (χ2v) is 6.82. The summed E-state index contributed by atoms with van der Waals surface area (Å²) in [5.74, 6) is -0.148. The van der Waals surface area contributed by atoms with Gasteiger partial charge in [0.05, 0.1) is 26.8 Å². The van der Waals surface area contributed by atoms with Crippen molar-refractivity contribution in [2.24, 2.45) is 0 Å². The van der Waals surface area contributed by atoms with Gasteiger partial charge < -0.3 is 10.2 Å². The molecule has 7 heteroatoms. The molecule has 23 heavy (non-hydrogen) atoms. The summed E-state index contributed by atoms with van der Waals surface area (Å²) in [6.45, 7) is 0.195. The van der Waals surface area contributed by atoms with Crippen LogP contribution in [-0.2, 0) is 4.79 Å². The van der Waals surface area contributed by atoms with Gasteiger partial charge in [-0.1, -0.05) is 46.7 Å². The van der Waals surface area contributed by atoms with E-state index in [4.69, 9.17) is 23.2 Å². The number of benzene rings is 2. The number of hydrogen-bond acceptors (Lipinski definition) is 4. The first-order chi connectivity index (χ1) is 11.0. The third kappa shape index (κ3) is 3.75. The molecule has 0 aliphatic heterocycles. The molecule has 2 aromatic carbocycles. The van der Waals surface area contributed by atoms with Crippen molar-refractivity contribution in [3.63, 3.8) is 0 Å². The quantitative estimate of drug-likeness (QED) is 0.729. The minimum atomic E-state index is -0.148. The fourth-order valence-corrected chi connectivity index (χ4v) is 3.30. The average molecular weight is 366 g/mol. The Morgan fingerprint density at radius 2 is 2.00 bits per heavy atom. The molecule has 0 saturated carbocycles. The standard InChI is InChI=1S/C16H13Cl2N3OS/c1-21(16-20-13-4-2-3-5-14(13)23-16)9-15(22)19-10-6-7-11(17)12(18)8-10/h2-8H,9H2,1H3,(H,19,22). The predicted octanol–water partition coefficient (Wildman–Crippen LogP) is 4.68. The summed E-state index contributed by atoms with van der Waals surface area (Å²) in [5, 5.41) is 4.46. The lowest BCUT2D eigenvalue weighted by atomic mass is 10.3. The van der Waals surface area contributed by atoms with Crippen molar-refractivity contribution in [1.82, 2.24) is 4.98 Å². The molecular formula is C16H13Cl2N3OS. The number of fused-ring (bicyclic) bond motifs is 1. The number of likely N-dealkylation sites (N-methyl/N-ethyl adjacent to an activating group) is 1. The van der Waals surface area contributed by atoms with E-state index in [1.54, 1.807) is 29.5 Å². The van der Waals surface area contributed by atoms with E-state index in [1.165, 1.54) is 0 Å². The van der Waals surface area contributed by atoms with E-state index in [1.807, 2.05) is 36.2 Å². The van der Waals surface area contributed by atoms with Gasteiger partial charge in [-0.25, -0.2) is 4.98 Å². The summed E-state index contributed by atoms with van der Waals surface area (Å²) >= 11 is 13.4. The fraction of sp³-hybridized carbons (Fsp3) is 0.125. The van der Waals surface area contributed by atoms with Gasteiger partial charge in [0.25, 0.3) is 0 Å². The van der Waals surface area contributed by atoms with E-state index >= 15 is 0 Å². The van der Waals surface area contributed by atoms with Crippen LogP contribution in [0.1, 0.15) is 0 Å². The molecule has 0 radical (unpaired) electrons. The van der Waals surface area contributed by atoms with Crippen molar-refractivity contribution >= 4 is 61.5 Å². The lowest BCUT2D eigenvalue weighted by molar-refractivity contribution is -0.114. The molecule has 1 aromatic heterocycles. The molecule has 118 valence electrons. The maximum absolute atomic E-state index is 12.2. The number of carbonyl (C=O) groups excluding carboxylic acids is 1. The first kappa shape index (κ1) is 16.1. The van der Waals surface area contributed by atoms with Gasteiger partial charge in [-0.3, -0.25) is 4.79 Å². The van der Waals surface area contributed by atoms with Gasteiger partial charge in [0.15, 0.2) is 5.13 Å². The molecule has 3 rings (SSSR count). The van der Waals surface area contributed by atoms with E-state index in [0.717, 1.165) is 15.3 Å². The lowest BCUT2D eigenvalue weighted by Crippen LogP contribution is -2.29. The van der Waals surface area contributed by atoms with Crippen LogP contribution in [0.3, 0.4) is 0 Å². The normalized spacial score (nSPS) is 10.7. The molecule has 1 heterocycles. The summed E-state index contributed by atoms with van der Waals surface area (Å²) < 4.78 is 1.10. The number of para-hydroxylation sites is 1. The molecule has 0 aliphatic carbocycles. The summed E-state index contributed by atoms with van der Waals surface area (Å²) in [6, 6.07) is 12.9. The highest BCUT2D eigenvalue weighted by Gasteiger charge is 2.12. The highest BCUT2D eigenvalue weighted by atomic mass is 35.5. The number of nitrogens with one attached hydrogen (secondary N) is 1. The molecule has 1 N–H and O–H groups in total. The maximum atomic E-state index is 12.2. The van der Waals surface area contributed by atoms with E-state index in [9.17, 15) is 4.79 Å². The largest absolute Gasteiger partial charge is 0.342 e. The van der Waals surface area contributed by atoms with Crippen molar-refractivity contribution in [2.45, 2.75) is 0 Å². The van der Waals surface area contributed by atoms with Crippen molar-refractivity contribution < 1.29 is 4.79 Å². The Morgan fingerprint density at radius 1 is 1.22 bits per heavy atom. The molecule has 3 aromatic rings. The number of aromatic nitrogens is 1. The Bertz CT molecular complexity index is 832. The second-order valence-electron chi connectivity index (χ2n) is 5.00. The highest BCUT2D eigenvalue weighted by molar-refractivity contribution is 7.22. The van der Waals surface area contributed by atoms with Crippen molar-refractivity contribution in [2.75, 3.05) is 23.8 Å². The molecule has 0 unspecified atom stereocenters. The van der Waals surface area contributed by atoms with Crippen LogP contribution < -0.4 is 10.2 Å². The molecule has 0 bridgehead atoms. The molecule has 4 nitrogen and oxygen atoms in total. The summed E-state index contributed by atoms with van der Waals surface area (Å²) in [4.78, 5) is 18.5. The van der Waals surface area contributed by atoms with E-state index in [2.05, 4.69) is 10.3 Å². The SMILES string of the molecule is CN(CC(=O)Nc1ccc(Cl)c(Cl)c1)c1nc2ccccc2s1. The number of anilines is 2. The van der Waals surface area contributed by atoms with Crippen LogP contribution >= 0.6 is 34.5 Å². The Balaban J connectivity index is 1.67. The van der Waals surface area contributed by atoms with Crippen molar-refractivity contribution in [3.05, 3.63) is 52.5 Å². The van der Waals surface area contributed by atoms with E-state index in [0.29, 0.717) is 15.7 Å². The fourth-order valence-electron chi connectivity index (χ4n) is 2.08. The van der Waals surface area contributed by atoms with Crippen LogP contribution in [0.15, 0.2) is 42.5 Å². The van der Waals surface area contributed by atoms with Gasteiger partial charge in [0.2, 0.25) is 5.91 Å². The molecule has 1 amide bonds. The molecule has 0 fully saturated rings. The Hall–Kier alpha value is -1.82. The van der Waals surface area contributed by atoms with Crippen LogP contribution in [0.25, 0.3) is 10.2 Å². The Kier molecular flexibility index (Phi) is 4.71. The zero-order valence-corrected chi connectivity index (χ0v) is 14.5. The van der Waals surface area contributed by atoms with Gasteiger partial charge in [-0.05, 0) is 30.3 Å². The van der Waals surface area contributed by atoms with Gasteiger partial charge in [-0.2, -0.15) is 0 Å². The molecular weight excluding hydrogens is 353 g/mol. The number of halogens is 2. The number of rotatable bonds is 4. The molecule has 0 aliphatic rings. The number of amides is 1.